The highest BCUT2D eigenvalue weighted by molar-refractivity contribution is 6.32. The minimum absolute atomic E-state index is 0.103. The first-order chi connectivity index (χ1) is 12.3. The maximum absolute atomic E-state index is 12.2. The first kappa shape index (κ1) is 19.5. The van der Waals surface area contributed by atoms with E-state index in [-0.39, 0.29) is 10.7 Å². The van der Waals surface area contributed by atoms with Crippen LogP contribution in [0.3, 0.4) is 0 Å². The fourth-order valence-electron chi connectivity index (χ4n) is 2.15. The molecule has 0 atom stereocenters. The number of halogens is 1. The highest BCUT2D eigenvalue weighted by atomic mass is 35.5. The molecule has 26 heavy (non-hydrogen) atoms. The van der Waals surface area contributed by atoms with Crippen LogP contribution in [0.1, 0.15) is 34.1 Å². The molecule has 1 aromatic heterocycles. The SMILES string of the molecule is CC(=O)NNC(=O)COC(=O)c1c(C)nn(Cc2ccc(C)cc2)c1Cl. The molecule has 2 N–H and O–H groups in total. The average molecular weight is 379 g/mol. The number of hydrogen-bond acceptors (Lipinski definition) is 5. The molecule has 0 spiro atoms. The number of aromatic nitrogens is 2. The lowest BCUT2D eigenvalue weighted by Crippen LogP contribution is -2.42. The normalized spacial score (nSPS) is 10.3. The van der Waals surface area contributed by atoms with Crippen molar-refractivity contribution in [1.82, 2.24) is 20.6 Å². The van der Waals surface area contributed by atoms with Gasteiger partial charge >= 0.3 is 5.97 Å². The molecule has 0 saturated carbocycles. The summed E-state index contributed by atoms with van der Waals surface area (Å²) < 4.78 is 6.42. The third-order valence-corrected chi connectivity index (χ3v) is 3.82. The van der Waals surface area contributed by atoms with Gasteiger partial charge in [-0.15, -0.1) is 0 Å². The van der Waals surface area contributed by atoms with Crippen molar-refractivity contribution in [2.75, 3.05) is 6.61 Å². The van der Waals surface area contributed by atoms with Crippen molar-refractivity contribution in [3.63, 3.8) is 0 Å². The molecular weight excluding hydrogens is 360 g/mol. The van der Waals surface area contributed by atoms with Crippen LogP contribution in [0.4, 0.5) is 0 Å². The smallest absolute Gasteiger partial charge is 0.343 e. The van der Waals surface area contributed by atoms with Gasteiger partial charge in [0.15, 0.2) is 6.61 Å². The zero-order valence-electron chi connectivity index (χ0n) is 14.6. The Morgan fingerprint density at radius 1 is 1.15 bits per heavy atom. The molecule has 1 heterocycles. The summed E-state index contributed by atoms with van der Waals surface area (Å²) in [5.74, 6) is -1.88. The van der Waals surface area contributed by atoms with Crippen LogP contribution in [0.15, 0.2) is 24.3 Å². The van der Waals surface area contributed by atoms with Crippen LogP contribution in [0.25, 0.3) is 0 Å². The van der Waals surface area contributed by atoms with Gasteiger partial charge in [0.2, 0.25) is 5.91 Å². The number of nitrogens with zero attached hydrogens (tertiary/aromatic N) is 2. The lowest BCUT2D eigenvalue weighted by molar-refractivity contribution is -0.129. The van der Waals surface area contributed by atoms with Gasteiger partial charge in [0, 0.05) is 6.92 Å². The van der Waals surface area contributed by atoms with Crippen LogP contribution >= 0.6 is 11.6 Å². The van der Waals surface area contributed by atoms with Crippen LogP contribution in [-0.4, -0.2) is 34.2 Å². The van der Waals surface area contributed by atoms with Crippen molar-refractivity contribution in [3.8, 4) is 0 Å². The van der Waals surface area contributed by atoms with Crippen molar-refractivity contribution in [2.24, 2.45) is 0 Å². The molecule has 9 heteroatoms. The fourth-order valence-corrected chi connectivity index (χ4v) is 2.46. The summed E-state index contributed by atoms with van der Waals surface area (Å²) in [4.78, 5) is 34.4. The largest absolute Gasteiger partial charge is 0.452 e. The van der Waals surface area contributed by atoms with Gasteiger partial charge < -0.3 is 4.74 Å². The van der Waals surface area contributed by atoms with E-state index in [1.54, 1.807) is 6.92 Å². The zero-order valence-corrected chi connectivity index (χ0v) is 15.4. The maximum Gasteiger partial charge on any atom is 0.343 e. The van der Waals surface area contributed by atoms with Gasteiger partial charge in [0.05, 0.1) is 12.2 Å². The minimum atomic E-state index is -0.763. The molecule has 2 rings (SSSR count). The molecule has 138 valence electrons. The maximum atomic E-state index is 12.2. The number of carbonyl (C=O) groups excluding carboxylic acids is 3. The lowest BCUT2D eigenvalue weighted by Gasteiger charge is -2.07. The molecule has 0 fully saturated rings. The minimum Gasteiger partial charge on any atom is -0.452 e. The van der Waals surface area contributed by atoms with Crippen molar-refractivity contribution < 1.29 is 19.1 Å². The fraction of sp³-hybridized carbons (Fsp3) is 0.294. The van der Waals surface area contributed by atoms with Crippen molar-refractivity contribution in [2.45, 2.75) is 27.3 Å². The number of benzene rings is 1. The molecule has 2 aromatic rings. The second-order valence-electron chi connectivity index (χ2n) is 5.70. The van der Waals surface area contributed by atoms with Gasteiger partial charge in [-0.2, -0.15) is 5.10 Å². The zero-order chi connectivity index (χ0) is 19.3. The Hall–Kier alpha value is -2.87. The number of amides is 2. The Labute approximate surface area is 155 Å². The summed E-state index contributed by atoms with van der Waals surface area (Å²) in [6.45, 7) is 4.70. The Morgan fingerprint density at radius 3 is 2.42 bits per heavy atom. The van der Waals surface area contributed by atoms with E-state index in [0.717, 1.165) is 11.1 Å². The summed E-state index contributed by atoms with van der Waals surface area (Å²) in [6.07, 6.45) is 0. The Bertz CT molecular complexity index is 830. The van der Waals surface area contributed by atoms with Crippen molar-refractivity contribution in [1.29, 1.82) is 0 Å². The van der Waals surface area contributed by atoms with Gasteiger partial charge in [0.25, 0.3) is 5.91 Å². The molecule has 0 aliphatic rings. The van der Waals surface area contributed by atoms with E-state index in [0.29, 0.717) is 12.2 Å². The van der Waals surface area contributed by atoms with Crippen LogP contribution < -0.4 is 10.9 Å². The number of hydrogen-bond donors (Lipinski definition) is 2. The molecule has 0 saturated heterocycles. The third kappa shape index (κ3) is 5.06. The van der Waals surface area contributed by atoms with E-state index in [4.69, 9.17) is 16.3 Å². The molecule has 0 aliphatic heterocycles. The summed E-state index contributed by atoms with van der Waals surface area (Å²) in [7, 11) is 0. The molecular formula is C17H19ClN4O4. The van der Waals surface area contributed by atoms with Crippen LogP contribution in [0, 0.1) is 13.8 Å². The number of rotatable bonds is 5. The standard InChI is InChI=1S/C17H19ClN4O4/c1-10-4-6-13(7-5-10)8-22-16(18)15(11(2)21-22)17(25)26-9-14(24)20-19-12(3)23/h4-7H,8-9H2,1-3H3,(H,19,23)(H,20,24). The van der Waals surface area contributed by atoms with E-state index in [2.05, 4.69) is 16.0 Å². The highest BCUT2D eigenvalue weighted by Crippen LogP contribution is 2.22. The lowest BCUT2D eigenvalue weighted by atomic mass is 10.1. The molecule has 0 bridgehead atoms. The van der Waals surface area contributed by atoms with E-state index in [1.807, 2.05) is 31.2 Å². The molecule has 8 nitrogen and oxygen atoms in total. The summed E-state index contributed by atoms with van der Waals surface area (Å²) in [6, 6.07) is 7.85. The summed E-state index contributed by atoms with van der Waals surface area (Å²) >= 11 is 6.27. The number of hydrazine groups is 1. The number of esters is 1. The number of aryl methyl sites for hydroxylation is 2. The second-order valence-corrected chi connectivity index (χ2v) is 6.06. The van der Waals surface area contributed by atoms with E-state index >= 15 is 0 Å². The molecule has 1 aromatic carbocycles. The predicted octanol–water partition coefficient (Wildman–Crippen LogP) is 1.53. The quantitative estimate of drug-likeness (QED) is 0.606. The van der Waals surface area contributed by atoms with Gasteiger partial charge in [0.1, 0.15) is 10.7 Å². The Kier molecular flexibility index (Phi) is 6.35. The second kappa shape index (κ2) is 8.48. The van der Waals surface area contributed by atoms with Crippen LogP contribution in [-0.2, 0) is 20.9 Å². The number of carbonyl (C=O) groups is 3. The van der Waals surface area contributed by atoms with Gasteiger partial charge in [-0.3, -0.25) is 20.4 Å². The first-order valence-corrected chi connectivity index (χ1v) is 8.16. The molecule has 0 radical (unpaired) electrons. The van der Waals surface area contributed by atoms with Crippen LogP contribution in [0.2, 0.25) is 5.15 Å². The third-order valence-electron chi connectivity index (χ3n) is 3.43. The van der Waals surface area contributed by atoms with E-state index in [9.17, 15) is 14.4 Å². The number of ether oxygens (including phenoxy) is 1. The summed E-state index contributed by atoms with van der Waals surface area (Å²) in [5.41, 5.74) is 6.80. The van der Waals surface area contributed by atoms with Crippen molar-refractivity contribution >= 4 is 29.4 Å². The molecule has 0 aliphatic carbocycles. The Morgan fingerprint density at radius 2 is 1.81 bits per heavy atom. The Balaban J connectivity index is 2.04. The van der Waals surface area contributed by atoms with E-state index in [1.165, 1.54) is 11.6 Å². The first-order valence-electron chi connectivity index (χ1n) is 7.79. The van der Waals surface area contributed by atoms with Gasteiger partial charge in [-0.25, -0.2) is 9.48 Å². The summed E-state index contributed by atoms with van der Waals surface area (Å²) in [5, 5.41) is 4.40. The average Bonchev–Trinajstić information content (AvgIpc) is 2.86. The topological polar surface area (TPSA) is 102 Å². The molecule has 0 unspecified atom stereocenters. The molecule has 2 amide bonds. The van der Waals surface area contributed by atoms with Gasteiger partial charge in [-0.1, -0.05) is 41.4 Å². The highest BCUT2D eigenvalue weighted by Gasteiger charge is 2.22. The predicted molar refractivity (Wildman–Crippen MR) is 94.5 cm³/mol. The van der Waals surface area contributed by atoms with Crippen molar-refractivity contribution in [3.05, 3.63) is 51.8 Å². The van der Waals surface area contributed by atoms with Crippen LogP contribution in [0.5, 0.6) is 0 Å². The number of nitrogens with one attached hydrogen (secondary N) is 2. The van der Waals surface area contributed by atoms with E-state index < -0.39 is 24.4 Å². The van der Waals surface area contributed by atoms with Gasteiger partial charge in [-0.05, 0) is 19.4 Å². The monoisotopic (exact) mass is 378 g/mol.